The number of rotatable bonds is 4. The molecule has 0 bridgehead atoms. The predicted molar refractivity (Wildman–Crippen MR) is 60.0 cm³/mol. The Morgan fingerprint density at radius 3 is 2.57 bits per heavy atom. The van der Waals surface area contributed by atoms with Crippen molar-refractivity contribution >= 4 is 11.8 Å². The van der Waals surface area contributed by atoms with Gasteiger partial charge in [-0.1, -0.05) is 19.1 Å². The molecular weight excluding hydrogens is 192 g/mol. The van der Waals surface area contributed by atoms with Crippen LogP contribution in [0.15, 0.2) is 29.2 Å². The molecule has 1 atom stereocenters. The summed E-state index contributed by atoms with van der Waals surface area (Å²) in [4.78, 5) is 1.25. The van der Waals surface area contributed by atoms with Crippen molar-refractivity contribution in [3.8, 4) is 6.07 Å². The lowest BCUT2D eigenvalue weighted by atomic mass is 10.1. The fourth-order valence-corrected chi connectivity index (χ4v) is 1.86. The molecule has 1 aromatic carbocycles. The number of nitrogens with two attached hydrogens (primary N) is 1. The molecule has 0 aromatic heterocycles. The molecule has 1 unspecified atom stereocenters. The van der Waals surface area contributed by atoms with E-state index in [9.17, 15) is 0 Å². The molecule has 0 fully saturated rings. The standard InChI is InChI=1S/C11H14N2S/c1-2-14-10-5-3-9(4-6-10)11(13)7-8-12/h3-6,11H,2,7,13H2,1H3. The largest absolute Gasteiger partial charge is 0.323 e. The summed E-state index contributed by atoms with van der Waals surface area (Å²) in [6.45, 7) is 2.12. The third kappa shape index (κ3) is 3.06. The van der Waals surface area contributed by atoms with Crippen LogP contribution in [0, 0.1) is 11.3 Å². The Bertz CT molecular complexity index is 313. The van der Waals surface area contributed by atoms with Gasteiger partial charge in [0.2, 0.25) is 0 Å². The summed E-state index contributed by atoms with van der Waals surface area (Å²) in [6.07, 6.45) is 0.375. The van der Waals surface area contributed by atoms with Gasteiger partial charge in [-0.15, -0.1) is 11.8 Å². The minimum absolute atomic E-state index is 0.152. The molecule has 1 aromatic rings. The van der Waals surface area contributed by atoms with Gasteiger partial charge < -0.3 is 5.73 Å². The minimum Gasteiger partial charge on any atom is -0.323 e. The van der Waals surface area contributed by atoms with E-state index in [0.717, 1.165) is 11.3 Å². The van der Waals surface area contributed by atoms with Crippen LogP contribution in [-0.2, 0) is 0 Å². The van der Waals surface area contributed by atoms with Crippen LogP contribution in [0.4, 0.5) is 0 Å². The van der Waals surface area contributed by atoms with Crippen LogP contribution in [0.3, 0.4) is 0 Å². The molecule has 14 heavy (non-hydrogen) atoms. The Hall–Kier alpha value is -0.980. The highest BCUT2D eigenvalue weighted by atomic mass is 32.2. The van der Waals surface area contributed by atoms with E-state index in [1.807, 2.05) is 12.1 Å². The van der Waals surface area contributed by atoms with Crippen molar-refractivity contribution in [2.24, 2.45) is 5.73 Å². The van der Waals surface area contributed by atoms with Gasteiger partial charge in [-0.2, -0.15) is 5.26 Å². The molecule has 0 spiro atoms. The first kappa shape index (κ1) is 11.1. The zero-order chi connectivity index (χ0) is 10.4. The molecule has 0 amide bonds. The molecular formula is C11H14N2S. The van der Waals surface area contributed by atoms with Gasteiger partial charge in [-0.05, 0) is 23.4 Å². The van der Waals surface area contributed by atoms with Crippen molar-refractivity contribution in [3.63, 3.8) is 0 Å². The number of nitrogens with zero attached hydrogens (tertiary/aromatic N) is 1. The molecule has 0 aliphatic carbocycles. The summed E-state index contributed by atoms with van der Waals surface area (Å²) in [7, 11) is 0. The zero-order valence-corrected chi connectivity index (χ0v) is 9.05. The van der Waals surface area contributed by atoms with E-state index in [4.69, 9.17) is 11.0 Å². The lowest BCUT2D eigenvalue weighted by Gasteiger charge is -2.08. The molecule has 0 heterocycles. The summed E-state index contributed by atoms with van der Waals surface area (Å²) in [6, 6.07) is 10.0. The maximum Gasteiger partial charge on any atom is 0.0641 e. The van der Waals surface area contributed by atoms with E-state index in [1.54, 1.807) is 11.8 Å². The van der Waals surface area contributed by atoms with Crippen LogP contribution < -0.4 is 5.73 Å². The highest BCUT2D eigenvalue weighted by molar-refractivity contribution is 7.99. The van der Waals surface area contributed by atoms with Crippen LogP contribution in [0.2, 0.25) is 0 Å². The average molecular weight is 206 g/mol. The number of thioether (sulfide) groups is 1. The lowest BCUT2D eigenvalue weighted by molar-refractivity contribution is 0.747. The van der Waals surface area contributed by atoms with Gasteiger partial charge in [0.1, 0.15) is 0 Å². The quantitative estimate of drug-likeness (QED) is 0.770. The van der Waals surface area contributed by atoms with Crippen molar-refractivity contribution in [2.75, 3.05) is 5.75 Å². The van der Waals surface area contributed by atoms with Crippen molar-refractivity contribution in [1.29, 1.82) is 5.26 Å². The molecule has 0 radical (unpaired) electrons. The van der Waals surface area contributed by atoms with Crippen LogP contribution in [-0.4, -0.2) is 5.75 Å². The van der Waals surface area contributed by atoms with E-state index in [-0.39, 0.29) is 6.04 Å². The number of hydrogen-bond acceptors (Lipinski definition) is 3. The van der Waals surface area contributed by atoms with E-state index in [1.165, 1.54) is 4.90 Å². The maximum absolute atomic E-state index is 8.50. The maximum atomic E-state index is 8.50. The third-order valence-electron chi connectivity index (χ3n) is 1.93. The molecule has 0 aliphatic rings. The normalized spacial score (nSPS) is 12.1. The van der Waals surface area contributed by atoms with Crippen molar-refractivity contribution in [3.05, 3.63) is 29.8 Å². The molecule has 3 heteroatoms. The molecule has 2 N–H and O–H groups in total. The molecule has 1 rings (SSSR count). The van der Waals surface area contributed by atoms with Gasteiger partial charge in [0.25, 0.3) is 0 Å². The van der Waals surface area contributed by atoms with Gasteiger partial charge in [0.05, 0.1) is 12.5 Å². The Kier molecular flexibility index (Phi) is 4.51. The van der Waals surface area contributed by atoms with Crippen LogP contribution in [0.25, 0.3) is 0 Å². The van der Waals surface area contributed by atoms with Gasteiger partial charge in [-0.25, -0.2) is 0 Å². The first-order valence-electron chi connectivity index (χ1n) is 4.63. The Morgan fingerprint density at radius 2 is 2.07 bits per heavy atom. The van der Waals surface area contributed by atoms with Crippen molar-refractivity contribution in [1.82, 2.24) is 0 Å². The lowest BCUT2D eigenvalue weighted by Crippen LogP contribution is -2.08. The highest BCUT2D eigenvalue weighted by Crippen LogP contribution is 2.20. The number of hydrogen-bond donors (Lipinski definition) is 1. The van der Waals surface area contributed by atoms with Crippen molar-refractivity contribution in [2.45, 2.75) is 24.3 Å². The summed E-state index contributed by atoms with van der Waals surface area (Å²) in [5, 5.41) is 8.50. The zero-order valence-electron chi connectivity index (χ0n) is 8.23. The molecule has 0 aliphatic heterocycles. The summed E-state index contributed by atoms with van der Waals surface area (Å²) < 4.78 is 0. The number of nitriles is 1. The average Bonchev–Trinajstić information content (AvgIpc) is 2.20. The minimum atomic E-state index is -0.152. The first-order valence-corrected chi connectivity index (χ1v) is 5.61. The predicted octanol–water partition coefficient (Wildman–Crippen LogP) is 2.71. The van der Waals surface area contributed by atoms with E-state index < -0.39 is 0 Å². The van der Waals surface area contributed by atoms with Gasteiger partial charge in [0, 0.05) is 10.9 Å². The molecule has 74 valence electrons. The van der Waals surface area contributed by atoms with Crippen LogP contribution in [0.5, 0.6) is 0 Å². The molecule has 0 saturated heterocycles. The van der Waals surface area contributed by atoms with E-state index in [2.05, 4.69) is 25.1 Å². The molecule has 0 saturated carbocycles. The van der Waals surface area contributed by atoms with Gasteiger partial charge >= 0.3 is 0 Å². The van der Waals surface area contributed by atoms with Crippen LogP contribution >= 0.6 is 11.8 Å². The summed E-state index contributed by atoms with van der Waals surface area (Å²) in [5.41, 5.74) is 6.83. The monoisotopic (exact) mass is 206 g/mol. The van der Waals surface area contributed by atoms with Crippen LogP contribution in [0.1, 0.15) is 24.9 Å². The Labute approximate surface area is 89.1 Å². The van der Waals surface area contributed by atoms with Crippen molar-refractivity contribution < 1.29 is 0 Å². The second kappa shape index (κ2) is 5.69. The fourth-order valence-electron chi connectivity index (χ4n) is 1.19. The Morgan fingerprint density at radius 1 is 1.43 bits per heavy atom. The van der Waals surface area contributed by atoms with E-state index >= 15 is 0 Å². The first-order chi connectivity index (χ1) is 6.77. The SMILES string of the molecule is CCSc1ccc(C(N)CC#N)cc1. The number of benzene rings is 1. The van der Waals surface area contributed by atoms with Gasteiger partial charge in [-0.3, -0.25) is 0 Å². The third-order valence-corrected chi connectivity index (χ3v) is 2.82. The highest BCUT2D eigenvalue weighted by Gasteiger charge is 2.04. The fraction of sp³-hybridized carbons (Fsp3) is 0.364. The van der Waals surface area contributed by atoms with Gasteiger partial charge in [0.15, 0.2) is 0 Å². The summed E-state index contributed by atoms with van der Waals surface area (Å²) in [5.74, 6) is 1.07. The van der Waals surface area contributed by atoms with E-state index in [0.29, 0.717) is 6.42 Å². The second-order valence-corrected chi connectivity index (χ2v) is 4.31. The second-order valence-electron chi connectivity index (χ2n) is 2.97. The smallest absolute Gasteiger partial charge is 0.0641 e. The molecule has 2 nitrogen and oxygen atoms in total. The topological polar surface area (TPSA) is 49.8 Å². The Balaban J connectivity index is 2.68. The summed E-state index contributed by atoms with van der Waals surface area (Å²) >= 11 is 1.80.